The van der Waals surface area contributed by atoms with Crippen LogP contribution in [0.2, 0.25) is 0 Å². The van der Waals surface area contributed by atoms with Crippen molar-refractivity contribution >= 4 is 23.7 Å². The fourth-order valence-corrected chi connectivity index (χ4v) is 2.63. The number of urea groups is 1. The van der Waals surface area contributed by atoms with Crippen molar-refractivity contribution < 1.29 is 19.1 Å². The maximum absolute atomic E-state index is 12.6. The summed E-state index contributed by atoms with van der Waals surface area (Å²) in [7, 11) is 1.50. The average molecular weight is 378 g/mol. The van der Waals surface area contributed by atoms with Gasteiger partial charge in [0.25, 0.3) is 0 Å². The van der Waals surface area contributed by atoms with Gasteiger partial charge in [-0.15, -0.1) is 0 Å². The smallest absolute Gasteiger partial charge is 0.407 e. The summed E-state index contributed by atoms with van der Waals surface area (Å²) >= 11 is 0. The lowest BCUT2D eigenvalue weighted by Gasteiger charge is -2.19. The van der Waals surface area contributed by atoms with E-state index in [0.717, 1.165) is 12.0 Å². The monoisotopic (exact) mass is 378 g/mol. The fraction of sp³-hybridized carbons (Fsp3) is 0.526. The van der Waals surface area contributed by atoms with Crippen LogP contribution in [0.25, 0.3) is 0 Å². The summed E-state index contributed by atoms with van der Waals surface area (Å²) in [6, 6.07) is 6.60. The number of hydrogen-bond acceptors (Lipinski definition) is 4. The zero-order valence-electron chi connectivity index (χ0n) is 16.2. The van der Waals surface area contributed by atoms with Crippen LogP contribution in [0, 0.1) is 11.8 Å². The van der Waals surface area contributed by atoms with E-state index in [1.54, 1.807) is 24.3 Å². The van der Waals surface area contributed by atoms with E-state index in [2.05, 4.69) is 29.8 Å². The molecule has 0 bridgehead atoms. The van der Waals surface area contributed by atoms with Crippen LogP contribution in [0.5, 0.6) is 0 Å². The van der Waals surface area contributed by atoms with Crippen LogP contribution in [-0.2, 0) is 16.1 Å². The zero-order chi connectivity index (χ0) is 20.2. The van der Waals surface area contributed by atoms with Crippen LogP contribution in [0.1, 0.15) is 38.7 Å². The number of alkyl carbamates (subject to hydrolysis) is 1. The Bertz CT molecular complexity index is 617. The second-order valence-corrected chi connectivity index (χ2v) is 6.77. The Kier molecular flexibility index (Phi) is 9.71. The average Bonchev–Trinajstić information content (AvgIpc) is 2.62. The second kappa shape index (κ2) is 11.8. The zero-order valence-corrected chi connectivity index (χ0v) is 16.2. The van der Waals surface area contributed by atoms with Crippen LogP contribution in [-0.4, -0.2) is 31.6 Å². The van der Waals surface area contributed by atoms with Gasteiger partial charge in [-0.2, -0.15) is 0 Å². The molecule has 0 radical (unpaired) electrons. The molecular formula is C19H30N4O4. The normalized spacial score (nSPS) is 11.6. The van der Waals surface area contributed by atoms with E-state index >= 15 is 0 Å². The number of nitrogens with two attached hydrogens (primary N) is 1. The molecule has 1 aromatic carbocycles. The second-order valence-electron chi connectivity index (χ2n) is 6.77. The lowest BCUT2D eigenvalue weighted by Crippen LogP contribution is -2.31. The molecule has 0 heterocycles. The molecule has 5 N–H and O–H groups in total. The molecule has 8 heteroatoms. The molecule has 1 aromatic rings. The summed E-state index contributed by atoms with van der Waals surface area (Å²) in [6.45, 7) is 4.76. The summed E-state index contributed by atoms with van der Waals surface area (Å²) in [5, 5.41) is 7.85. The van der Waals surface area contributed by atoms with Crippen LogP contribution >= 0.6 is 0 Å². The number of ether oxygens (including phenoxy) is 1. The molecule has 0 saturated carbocycles. The Hall–Kier alpha value is -2.77. The van der Waals surface area contributed by atoms with Gasteiger partial charge < -0.3 is 26.4 Å². The molecule has 1 atom stereocenters. The minimum Gasteiger partial charge on any atom is -0.445 e. The summed E-state index contributed by atoms with van der Waals surface area (Å²) in [5.41, 5.74) is 6.56. The van der Waals surface area contributed by atoms with Gasteiger partial charge in [0.15, 0.2) is 0 Å². The lowest BCUT2D eigenvalue weighted by molar-refractivity contribution is -0.120. The number of benzene rings is 1. The van der Waals surface area contributed by atoms with Crippen molar-refractivity contribution in [2.45, 2.75) is 39.7 Å². The first-order valence-corrected chi connectivity index (χ1v) is 9.09. The summed E-state index contributed by atoms with van der Waals surface area (Å²) in [4.78, 5) is 34.4. The molecule has 0 aliphatic rings. The van der Waals surface area contributed by atoms with Gasteiger partial charge in [-0.25, -0.2) is 9.59 Å². The fourth-order valence-electron chi connectivity index (χ4n) is 2.63. The number of nitrogens with one attached hydrogen (secondary N) is 3. The number of rotatable bonds is 10. The standard InChI is InChI=1S/C19H30N4O4/c1-13(2)11-15(5-4-10-22-18(20)25)17(24)23-16-8-6-14(7-9-16)12-27-19(26)21-3/h6-9,13,15H,4-5,10-12H2,1-3H3,(H,21,26)(H,23,24)(H3,20,22,25). The van der Waals surface area contributed by atoms with Gasteiger partial charge in [0.1, 0.15) is 6.61 Å². The van der Waals surface area contributed by atoms with Crippen molar-refractivity contribution in [2.75, 3.05) is 18.9 Å². The molecule has 4 amide bonds. The number of hydrogen-bond donors (Lipinski definition) is 4. The van der Waals surface area contributed by atoms with E-state index in [9.17, 15) is 14.4 Å². The van der Waals surface area contributed by atoms with Gasteiger partial charge >= 0.3 is 12.1 Å². The van der Waals surface area contributed by atoms with Crippen molar-refractivity contribution in [3.8, 4) is 0 Å². The molecule has 0 saturated heterocycles. The summed E-state index contributed by atoms with van der Waals surface area (Å²) in [5.74, 6) is 0.196. The van der Waals surface area contributed by atoms with Crippen LogP contribution in [0.15, 0.2) is 24.3 Å². The molecule has 1 unspecified atom stereocenters. The van der Waals surface area contributed by atoms with Gasteiger partial charge in [0.2, 0.25) is 5.91 Å². The molecule has 0 aliphatic heterocycles. The topological polar surface area (TPSA) is 123 Å². The molecule has 0 spiro atoms. The van der Waals surface area contributed by atoms with E-state index in [-0.39, 0.29) is 18.4 Å². The van der Waals surface area contributed by atoms with Gasteiger partial charge in [-0.05, 0) is 42.9 Å². The number of carbonyl (C=O) groups is 3. The third-order valence-electron chi connectivity index (χ3n) is 3.95. The molecule has 0 aliphatic carbocycles. The largest absolute Gasteiger partial charge is 0.445 e. The van der Waals surface area contributed by atoms with Gasteiger partial charge in [-0.1, -0.05) is 26.0 Å². The number of primary amides is 1. The predicted octanol–water partition coefficient (Wildman–Crippen LogP) is 2.59. The first kappa shape index (κ1) is 22.3. The van der Waals surface area contributed by atoms with E-state index in [1.807, 2.05) is 0 Å². The van der Waals surface area contributed by atoms with Crippen molar-refractivity contribution in [3.63, 3.8) is 0 Å². The van der Waals surface area contributed by atoms with Crippen LogP contribution < -0.4 is 21.7 Å². The first-order chi connectivity index (χ1) is 12.8. The number of carbonyl (C=O) groups excluding carboxylic acids is 3. The van der Waals surface area contributed by atoms with Gasteiger partial charge in [0.05, 0.1) is 0 Å². The highest BCUT2D eigenvalue weighted by Crippen LogP contribution is 2.20. The van der Waals surface area contributed by atoms with Crippen molar-refractivity contribution in [2.24, 2.45) is 17.6 Å². The van der Waals surface area contributed by atoms with Crippen molar-refractivity contribution in [1.82, 2.24) is 10.6 Å². The third kappa shape index (κ3) is 9.48. The van der Waals surface area contributed by atoms with E-state index in [1.165, 1.54) is 7.05 Å². The maximum Gasteiger partial charge on any atom is 0.407 e. The van der Waals surface area contributed by atoms with Crippen molar-refractivity contribution in [1.29, 1.82) is 0 Å². The number of anilines is 1. The summed E-state index contributed by atoms with van der Waals surface area (Å²) < 4.78 is 4.98. The first-order valence-electron chi connectivity index (χ1n) is 9.09. The third-order valence-corrected chi connectivity index (χ3v) is 3.95. The predicted molar refractivity (Wildman–Crippen MR) is 104 cm³/mol. The Morgan fingerprint density at radius 3 is 2.37 bits per heavy atom. The molecule has 0 aromatic heterocycles. The van der Waals surface area contributed by atoms with E-state index in [0.29, 0.717) is 31.0 Å². The highest BCUT2D eigenvalue weighted by Gasteiger charge is 2.19. The summed E-state index contributed by atoms with van der Waals surface area (Å²) in [6.07, 6.45) is 1.63. The number of amides is 4. The SMILES string of the molecule is CNC(=O)OCc1ccc(NC(=O)C(CCCNC(N)=O)CC(C)C)cc1. The van der Waals surface area contributed by atoms with E-state index in [4.69, 9.17) is 10.5 Å². The molecule has 27 heavy (non-hydrogen) atoms. The highest BCUT2D eigenvalue weighted by molar-refractivity contribution is 5.92. The maximum atomic E-state index is 12.6. The Balaban J connectivity index is 2.57. The van der Waals surface area contributed by atoms with Crippen LogP contribution in [0.4, 0.5) is 15.3 Å². The molecular weight excluding hydrogens is 348 g/mol. The molecule has 0 fully saturated rings. The molecule has 8 nitrogen and oxygen atoms in total. The van der Waals surface area contributed by atoms with Gasteiger partial charge in [-0.3, -0.25) is 4.79 Å². The van der Waals surface area contributed by atoms with E-state index < -0.39 is 12.1 Å². The minimum atomic E-state index is -0.555. The Morgan fingerprint density at radius 2 is 1.81 bits per heavy atom. The molecule has 150 valence electrons. The molecule has 1 rings (SSSR count). The highest BCUT2D eigenvalue weighted by atomic mass is 16.5. The quantitative estimate of drug-likeness (QED) is 0.467. The Labute approximate surface area is 160 Å². The van der Waals surface area contributed by atoms with Crippen LogP contribution in [0.3, 0.4) is 0 Å². The van der Waals surface area contributed by atoms with Crippen molar-refractivity contribution in [3.05, 3.63) is 29.8 Å². The minimum absolute atomic E-state index is 0.0443. The van der Waals surface area contributed by atoms with Gasteiger partial charge in [0, 0.05) is 25.2 Å². The Morgan fingerprint density at radius 1 is 1.15 bits per heavy atom. The lowest BCUT2D eigenvalue weighted by atomic mass is 9.92.